The molecule has 1 aliphatic carbocycles. The number of sulfonamides is 1. The lowest BCUT2D eigenvalue weighted by molar-refractivity contribution is 0.0981. The first-order chi connectivity index (χ1) is 28.9. The van der Waals surface area contributed by atoms with Crippen LogP contribution in [0.2, 0.25) is 5.02 Å². The van der Waals surface area contributed by atoms with Crippen molar-refractivity contribution in [1.29, 1.82) is 0 Å². The van der Waals surface area contributed by atoms with Crippen molar-refractivity contribution in [1.82, 2.24) is 14.9 Å². The molecule has 10 nitrogen and oxygen atoms in total. The van der Waals surface area contributed by atoms with Crippen LogP contribution < -0.4 is 20.7 Å². The van der Waals surface area contributed by atoms with E-state index in [4.69, 9.17) is 23.2 Å². The molecule has 0 heterocycles. The van der Waals surface area contributed by atoms with Gasteiger partial charge in [-0.15, -0.1) is 11.8 Å². The van der Waals surface area contributed by atoms with E-state index in [1.165, 1.54) is 47.0 Å². The number of allylic oxidation sites excluding steroid dienone is 1. The van der Waals surface area contributed by atoms with Crippen LogP contribution in [-0.4, -0.2) is 83.4 Å². The van der Waals surface area contributed by atoms with Crippen LogP contribution in [0.4, 0.5) is 20.2 Å². The summed E-state index contributed by atoms with van der Waals surface area (Å²) in [5, 5.41) is 10.6. The molecule has 1 amide bonds. The van der Waals surface area contributed by atoms with Gasteiger partial charge < -0.3 is 20.9 Å². The third-order valence-corrected chi connectivity index (χ3v) is 15.4. The van der Waals surface area contributed by atoms with Crippen molar-refractivity contribution in [3.05, 3.63) is 119 Å². The molecule has 0 unspecified atom stereocenters. The van der Waals surface area contributed by atoms with E-state index in [1.54, 1.807) is 12.1 Å². The van der Waals surface area contributed by atoms with Crippen molar-refractivity contribution >= 4 is 77.7 Å². The molecule has 1 aliphatic rings. The number of benzene rings is 4. The maximum Gasteiger partial charge on any atom is 0.427 e. The van der Waals surface area contributed by atoms with Gasteiger partial charge in [0.2, 0.25) is 0 Å². The van der Waals surface area contributed by atoms with Crippen LogP contribution in [0.5, 0.6) is 0 Å². The first-order valence-electron chi connectivity index (χ1n) is 20.1. The summed E-state index contributed by atoms with van der Waals surface area (Å²) in [6, 6.07) is 26.1. The number of nitrogens with one attached hydrogen (secondary N) is 4. The molecular formula is C44H53Cl2F2N5O5S3. The molecular weight excluding hydrogens is 884 g/mol. The number of alkyl halides is 3. The topological polar surface area (TPSA) is 137 Å². The number of amides is 1. The predicted molar refractivity (Wildman–Crippen MR) is 245 cm³/mol. The zero-order valence-electron chi connectivity index (χ0n) is 34.4. The lowest BCUT2D eigenvalue weighted by Crippen LogP contribution is -2.34. The number of carbonyl (C=O) groups is 1. The Labute approximate surface area is 373 Å². The van der Waals surface area contributed by atoms with E-state index in [0.29, 0.717) is 48.6 Å². The number of carbonyl (C=O) groups excluding carboxylic acids is 1. The normalized spacial score (nSPS) is 14.5. The summed E-state index contributed by atoms with van der Waals surface area (Å²) in [5.74, 6) is -0.568. The van der Waals surface area contributed by atoms with E-state index in [2.05, 4.69) is 33.0 Å². The third-order valence-electron chi connectivity index (χ3n) is 10.5. The lowest BCUT2D eigenvalue weighted by atomic mass is 9.96. The summed E-state index contributed by atoms with van der Waals surface area (Å²) in [6.45, 7) is 6.66. The van der Waals surface area contributed by atoms with E-state index in [9.17, 15) is 30.4 Å². The summed E-state index contributed by atoms with van der Waals surface area (Å²) in [4.78, 5) is 14.5. The lowest BCUT2D eigenvalue weighted by Gasteiger charge is -2.26. The molecule has 0 saturated carbocycles. The average molecular weight is 937 g/mol. The van der Waals surface area contributed by atoms with Gasteiger partial charge in [-0.3, -0.25) is 4.79 Å². The number of halogens is 4. The Kier molecular flexibility index (Phi) is 17.5. The van der Waals surface area contributed by atoms with Crippen LogP contribution in [-0.2, 0) is 19.9 Å². The van der Waals surface area contributed by atoms with Gasteiger partial charge in [0, 0.05) is 65.2 Å². The minimum atomic E-state index is -5.61. The second kappa shape index (κ2) is 22.1. The molecule has 5 rings (SSSR count). The molecule has 17 heteroatoms. The Hall–Kier alpha value is -3.70. The molecule has 0 fully saturated rings. The molecule has 0 radical (unpaired) electrons. The Balaban J connectivity index is 1.24. The zero-order chi connectivity index (χ0) is 44.2. The predicted octanol–water partition coefficient (Wildman–Crippen LogP) is 9.74. The summed E-state index contributed by atoms with van der Waals surface area (Å²) < 4.78 is 79.5. The van der Waals surface area contributed by atoms with Gasteiger partial charge in [-0.2, -0.15) is 8.78 Å². The average Bonchev–Trinajstić information content (AvgIpc) is 3.47. The molecule has 4 N–H and O–H groups in total. The highest BCUT2D eigenvalue weighted by molar-refractivity contribution is 7.99. The molecule has 0 saturated heterocycles. The largest absolute Gasteiger partial charge is 0.427 e. The number of anilines is 2. The summed E-state index contributed by atoms with van der Waals surface area (Å²) in [5.41, 5.74) is 4.44. The van der Waals surface area contributed by atoms with Gasteiger partial charge in [0.25, 0.3) is 25.8 Å². The summed E-state index contributed by atoms with van der Waals surface area (Å²) >= 11 is 12.7. The van der Waals surface area contributed by atoms with Gasteiger partial charge in [0.1, 0.15) is 0 Å². The van der Waals surface area contributed by atoms with E-state index in [-0.39, 0.29) is 17.3 Å². The molecule has 4 aromatic rings. The van der Waals surface area contributed by atoms with Crippen molar-refractivity contribution in [2.24, 2.45) is 0 Å². The van der Waals surface area contributed by atoms with Crippen LogP contribution >= 0.6 is 35.0 Å². The maximum absolute atomic E-state index is 14.5. The fraction of sp³-hybridized carbons (Fsp3) is 0.386. The second-order valence-electron chi connectivity index (χ2n) is 15.2. The first-order valence-corrected chi connectivity index (χ1v) is 24.8. The van der Waals surface area contributed by atoms with Crippen LogP contribution in [0, 0.1) is 0 Å². The van der Waals surface area contributed by atoms with Gasteiger partial charge in [-0.25, -0.2) is 21.6 Å². The number of sulfone groups is 1. The number of hydrogen-bond acceptors (Lipinski definition) is 10. The van der Waals surface area contributed by atoms with Gasteiger partial charge in [-0.1, -0.05) is 53.9 Å². The molecule has 4 aromatic carbocycles. The minimum absolute atomic E-state index is 0.00539. The second-order valence-corrected chi connectivity index (χ2v) is 21.1. The van der Waals surface area contributed by atoms with Gasteiger partial charge in [-0.05, 0) is 142 Å². The number of thioether (sulfide) groups is 1. The van der Waals surface area contributed by atoms with Crippen molar-refractivity contribution in [2.75, 3.05) is 49.6 Å². The highest BCUT2D eigenvalue weighted by Crippen LogP contribution is 2.38. The number of nitrogens with zero attached hydrogens (tertiary/aromatic N) is 1. The van der Waals surface area contributed by atoms with Crippen LogP contribution in [0.3, 0.4) is 0 Å². The summed E-state index contributed by atoms with van der Waals surface area (Å²) in [6.07, 6.45) is 6.07. The van der Waals surface area contributed by atoms with Gasteiger partial charge in [0.15, 0.2) is 0 Å². The minimum Gasteiger partial charge on any atom is -0.384 e. The van der Waals surface area contributed by atoms with Crippen LogP contribution in [0.15, 0.2) is 117 Å². The van der Waals surface area contributed by atoms with Crippen molar-refractivity contribution in [3.8, 4) is 0 Å². The Morgan fingerprint density at radius 1 is 0.885 bits per heavy atom. The fourth-order valence-electron chi connectivity index (χ4n) is 6.74. The van der Waals surface area contributed by atoms with Crippen LogP contribution in [0.25, 0.3) is 5.57 Å². The monoisotopic (exact) mass is 935 g/mol. The highest BCUT2D eigenvalue weighted by Gasteiger charge is 2.46. The first kappa shape index (κ1) is 48.3. The van der Waals surface area contributed by atoms with E-state index in [0.717, 1.165) is 49.3 Å². The van der Waals surface area contributed by atoms with Gasteiger partial charge in [0.05, 0.1) is 15.5 Å². The molecule has 1 atom stereocenters. The fourth-order valence-corrected chi connectivity index (χ4v) is 10.1. The van der Waals surface area contributed by atoms with Crippen molar-refractivity contribution < 1.29 is 30.4 Å². The Morgan fingerprint density at radius 3 is 2.25 bits per heavy atom. The van der Waals surface area contributed by atoms with E-state index < -0.39 is 46.3 Å². The zero-order valence-corrected chi connectivity index (χ0v) is 38.4. The van der Waals surface area contributed by atoms with E-state index >= 15 is 0 Å². The van der Waals surface area contributed by atoms with Crippen molar-refractivity contribution in [2.45, 2.75) is 83.9 Å². The molecule has 0 bridgehead atoms. The van der Waals surface area contributed by atoms with Crippen molar-refractivity contribution in [3.63, 3.8) is 0 Å². The standard InChI is InChI=1S/C44H53Cl2F2N5O5S3/c1-31(2)53(3)27-24-37(30-59-38-11-7-5-8-12-38)51-41-23-22-39(28-42(41)60(55,56)44(46,47)48)61(57,58)52-43(54)33-16-20-36(21-17-33)50-26-25-49-29-34-10-6-4-9-13-40(34)32-14-18-35(45)19-15-32/h5,7-8,11-12,14-23,28,31,37,49-51H,4,6,9-10,13,24-27,29-30H2,1-3H3,(H,52,54)/t37-/m1/s1. The Morgan fingerprint density at radius 2 is 1.57 bits per heavy atom. The van der Waals surface area contributed by atoms with Gasteiger partial charge >= 0.3 is 4.71 Å². The smallest absolute Gasteiger partial charge is 0.384 e. The van der Waals surface area contributed by atoms with Crippen LogP contribution in [0.1, 0.15) is 68.3 Å². The molecule has 330 valence electrons. The third kappa shape index (κ3) is 13.9. The quantitative estimate of drug-likeness (QED) is 0.0363. The molecule has 0 spiro atoms. The maximum atomic E-state index is 14.5. The number of hydrogen-bond donors (Lipinski definition) is 4. The summed E-state index contributed by atoms with van der Waals surface area (Å²) in [7, 11) is -8.42. The molecule has 0 aliphatic heterocycles. The SMILES string of the molecule is CC(C)N(C)CC[C@H](CSc1ccccc1)Nc1ccc(S(=O)(=O)NC(=O)c2ccc(NCCNCC3=C(c4ccc(Cl)cc4)CCCCC3)cc2)cc1S(=O)(=O)C(F)(F)Cl. The van der Waals surface area contributed by atoms with E-state index in [1.807, 2.05) is 68.1 Å². The highest BCUT2D eigenvalue weighted by atomic mass is 35.5. The Bertz CT molecular complexity index is 2330. The number of rotatable bonds is 21. The molecule has 0 aromatic heterocycles. The molecule has 61 heavy (non-hydrogen) atoms.